The van der Waals surface area contributed by atoms with Crippen molar-refractivity contribution in [2.45, 2.75) is 6.18 Å². The lowest BCUT2D eigenvalue weighted by Crippen LogP contribution is -2.21. The molecule has 0 aliphatic heterocycles. The highest BCUT2D eigenvalue weighted by molar-refractivity contribution is 5.74. The third kappa shape index (κ3) is 3.26. The third-order valence-corrected chi connectivity index (χ3v) is 1.56. The normalized spacial score (nSPS) is 10.7. The van der Waals surface area contributed by atoms with Crippen LogP contribution < -0.4 is 0 Å². The van der Waals surface area contributed by atoms with E-state index < -0.39 is 12.1 Å². The molecule has 0 aromatic carbocycles. The SMILES string of the molecule is O=C(O)C(F)(F)F.c1cnc2cc[nH]c2c1. The van der Waals surface area contributed by atoms with Gasteiger partial charge in [-0.3, -0.25) is 4.98 Å². The molecule has 2 aromatic rings. The quantitative estimate of drug-likeness (QED) is 0.731. The largest absolute Gasteiger partial charge is 0.490 e. The zero-order chi connectivity index (χ0) is 12.2. The fraction of sp³-hybridized carbons (Fsp3) is 0.111. The molecule has 0 aliphatic rings. The minimum atomic E-state index is -5.08. The predicted molar refractivity (Wildman–Crippen MR) is 49.8 cm³/mol. The number of aromatic nitrogens is 2. The van der Waals surface area contributed by atoms with Gasteiger partial charge in [0, 0.05) is 12.4 Å². The van der Waals surface area contributed by atoms with Crippen molar-refractivity contribution in [1.29, 1.82) is 0 Å². The van der Waals surface area contributed by atoms with Crippen LogP contribution in [-0.4, -0.2) is 27.2 Å². The molecule has 86 valence electrons. The number of H-pyrrole nitrogens is 1. The number of halogens is 3. The number of carboxylic acid groups (broad SMARTS) is 1. The Labute approximate surface area is 87.7 Å². The number of nitrogens with one attached hydrogen (secondary N) is 1. The minimum Gasteiger partial charge on any atom is -0.475 e. The molecular formula is C9H7F3N2O2. The van der Waals surface area contributed by atoms with Gasteiger partial charge in [-0.15, -0.1) is 0 Å². The topological polar surface area (TPSA) is 66.0 Å². The number of aromatic amines is 1. The first-order chi connectivity index (χ1) is 7.41. The molecule has 16 heavy (non-hydrogen) atoms. The number of fused-ring (bicyclic) bond motifs is 1. The third-order valence-electron chi connectivity index (χ3n) is 1.56. The zero-order valence-corrected chi connectivity index (χ0v) is 7.82. The van der Waals surface area contributed by atoms with Crippen LogP contribution in [0.25, 0.3) is 11.0 Å². The summed E-state index contributed by atoms with van der Waals surface area (Å²) in [4.78, 5) is 16.1. The van der Waals surface area contributed by atoms with Gasteiger partial charge in [-0.2, -0.15) is 13.2 Å². The van der Waals surface area contributed by atoms with Crippen LogP contribution in [0.4, 0.5) is 13.2 Å². The Hall–Kier alpha value is -2.05. The molecule has 0 radical (unpaired) electrons. The van der Waals surface area contributed by atoms with Crippen LogP contribution in [-0.2, 0) is 4.79 Å². The van der Waals surface area contributed by atoms with Crippen molar-refractivity contribution in [3.8, 4) is 0 Å². The van der Waals surface area contributed by atoms with Crippen LogP contribution >= 0.6 is 0 Å². The van der Waals surface area contributed by atoms with E-state index in [1.54, 1.807) is 6.20 Å². The second-order valence-electron chi connectivity index (χ2n) is 2.72. The van der Waals surface area contributed by atoms with Crippen molar-refractivity contribution in [3.05, 3.63) is 30.6 Å². The van der Waals surface area contributed by atoms with E-state index in [4.69, 9.17) is 9.90 Å². The molecule has 0 fully saturated rings. The molecule has 0 aliphatic carbocycles. The van der Waals surface area contributed by atoms with Crippen molar-refractivity contribution in [2.24, 2.45) is 0 Å². The smallest absolute Gasteiger partial charge is 0.475 e. The van der Waals surface area contributed by atoms with Crippen LogP contribution in [0.3, 0.4) is 0 Å². The Morgan fingerprint density at radius 1 is 1.38 bits per heavy atom. The van der Waals surface area contributed by atoms with Gasteiger partial charge in [0.05, 0.1) is 11.0 Å². The highest BCUT2D eigenvalue weighted by Crippen LogP contribution is 2.13. The van der Waals surface area contributed by atoms with E-state index in [0.717, 1.165) is 11.0 Å². The molecule has 4 nitrogen and oxygen atoms in total. The molecule has 0 atom stereocenters. The van der Waals surface area contributed by atoms with Gasteiger partial charge < -0.3 is 10.1 Å². The van der Waals surface area contributed by atoms with E-state index in [1.807, 2.05) is 24.4 Å². The number of pyridine rings is 1. The Balaban J connectivity index is 0.000000168. The number of rotatable bonds is 0. The Morgan fingerprint density at radius 2 is 2.00 bits per heavy atom. The Bertz CT molecular complexity index is 449. The number of carbonyl (C=O) groups is 1. The molecule has 0 spiro atoms. The first-order valence-electron chi connectivity index (χ1n) is 4.09. The summed E-state index contributed by atoms with van der Waals surface area (Å²) in [5.41, 5.74) is 2.12. The van der Waals surface area contributed by atoms with Gasteiger partial charge >= 0.3 is 12.1 Å². The predicted octanol–water partition coefficient (Wildman–Crippen LogP) is 2.20. The summed E-state index contributed by atoms with van der Waals surface area (Å²) in [6.07, 6.45) is -1.41. The van der Waals surface area contributed by atoms with Gasteiger partial charge in [-0.1, -0.05) is 0 Å². The van der Waals surface area contributed by atoms with Gasteiger partial charge in [0.15, 0.2) is 0 Å². The molecule has 2 rings (SSSR count). The van der Waals surface area contributed by atoms with Crippen LogP contribution in [0.15, 0.2) is 30.6 Å². The molecule has 0 bridgehead atoms. The number of nitrogens with zero attached hydrogens (tertiary/aromatic N) is 1. The minimum absolute atomic E-state index is 1.03. The van der Waals surface area contributed by atoms with E-state index in [1.165, 1.54) is 0 Å². The summed E-state index contributed by atoms with van der Waals surface area (Å²) in [5, 5.41) is 7.12. The van der Waals surface area contributed by atoms with E-state index >= 15 is 0 Å². The lowest BCUT2D eigenvalue weighted by atomic mass is 10.4. The lowest BCUT2D eigenvalue weighted by Gasteiger charge is -1.93. The second-order valence-corrected chi connectivity index (χ2v) is 2.72. The van der Waals surface area contributed by atoms with E-state index in [0.29, 0.717) is 0 Å². The summed E-state index contributed by atoms with van der Waals surface area (Å²) in [6, 6.07) is 5.87. The average molecular weight is 232 g/mol. The van der Waals surface area contributed by atoms with Crippen LogP contribution in [0.2, 0.25) is 0 Å². The maximum absolute atomic E-state index is 10.6. The zero-order valence-electron chi connectivity index (χ0n) is 7.82. The first-order valence-corrected chi connectivity index (χ1v) is 4.09. The molecule has 0 saturated carbocycles. The highest BCUT2D eigenvalue weighted by atomic mass is 19.4. The van der Waals surface area contributed by atoms with Gasteiger partial charge in [0.1, 0.15) is 0 Å². The van der Waals surface area contributed by atoms with Crippen molar-refractivity contribution in [2.75, 3.05) is 0 Å². The summed E-state index contributed by atoms with van der Waals surface area (Å²) in [7, 11) is 0. The molecule has 7 heteroatoms. The molecule has 2 aromatic heterocycles. The van der Waals surface area contributed by atoms with Crippen molar-refractivity contribution >= 4 is 17.0 Å². The first kappa shape index (κ1) is 12.0. The van der Waals surface area contributed by atoms with Crippen LogP contribution in [0.5, 0.6) is 0 Å². The summed E-state index contributed by atoms with van der Waals surface area (Å²) >= 11 is 0. The molecule has 2 heterocycles. The Morgan fingerprint density at radius 3 is 2.50 bits per heavy atom. The van der Waals surface area contributed by atoms with Gasteiger partial charge in [0.2, 0.25) is 0 Å². The number of carboxylic acids is 1. The van der Waals surface area contributed by atoms with Crippen molar-refractivity contribution < 1.29 is 23.1 Å². The van der Waals surface area contributed by atoms with Gasteiger partial charge in [-0.05, 0) is 18.2 Å². The fourth-order valence-electron chi connectivity index (χ4n) is 0.883. The average Bonchev–Trinajstić information content (AvgIpc) is 2.64. The number of alkyl halides is 3. The summed E-state index contributed by atoms with van der Waals surface area (Å²) in [6.45, 7) is 0. The number of hydrogen-bond acceptors (Lipinski definition) is 2. The van der Waals surface area contributed by atoms with E-state index in [2.05, 4.69) is 9.97 Å². The summed E-state index contributed by atoms with van der Waals surface area (Å²) in [5.74, 6) is -2.76. The van der Waals surface area contributed by atoms with E-state index in [-0.39, 0.29) is 0 Å². The standard InChI is InChI=1S/C7H6N2.C2HF3O2/c1-2-6-7(8-4-1)3-5-9-6;3-2(4,5)1(6)7/h1-5,9H;(H,6,7). The maximum Gasteiger partial charge on any atom is 0.490 e. The van der Waals surface area contributed by atoms with Gasteiger partial charge in [-0.25, -0.2) is 4.79 Å². The van der Waals surface area contributed by atoms with E-state index in [9.17, 15) is 13.2 Å². The van der Waals surface area contributed by atoms with Crippen LogP contribution in [0, 0.1) is 0 Å². The highest BCUT2D eigenvalue weighted by Gasteiger charge is 2.38. The maximum atomic E-state index is 10.6. The van der Waals surface area contributed by atoms with Crippen LogP contribution in [0.1, 0.15) is 0 Å². The summed E-state index contributed by atoms with van der Waals surface area (Å²) < 4.78 is 31.7. The molecule has 2 N–H and O–H groups in total. The van der Waals surface area contributed by atoms with Gasteiger partial charge in [0.25, 0.3) is 0 Å². The molecular weight excluding hydrogens is 225 g/mol. The molecule has 0 amide bonds. The molecule has 0 saturated heterocycles. The van der Waals surface area contributed by atoms with Crippen molar-refractivity contribution in [3.63, 3.8) is 0 Å². The monoisotopic (exact) mass is 232 g/mol. The number of hydrogen-bond donors (Lipinski definition) is 2. The number of aliphatic carboxylic acids is 1. The second kappa shape index (κ2) is 4.65. The van der Waals surface area contributed by atoms with Crippen molar-refractivity contribution in [1.82, 2.24) is 9.97 Å². The Kier molecular flexibility index (Phi) is 3.49. The fourth-order valence-corrected chi connectivity index (χ4v) is 0.883. The lowest BCUT2D eigenvalue weighted by molar-refractivity contribution is -0.192. The molecule has 0 unspecified atom stereocenters.